The van der Waals surface area contributed by atoms with E-state index in [2.05, 4.69) is 0 Å². The van der Waals surface area contributed by atoms with Crippen molar-refractivity contribution in [3.63, 3.8) is 0 Å². The SMILES string of the molecule is NC(=O)c1ccc(CN(C(=O)C2CC(=O)N(c3ccc(F)cc3F)C2)C2CC2)cc1. The molecular formula is C22H21F2N3O3. The number of carbonyl (C=O) groups is 3. The summed E-state index contributed by atoms with van der Waals surface area (Å²) >= 11 is 0. The van der Waals surface area contributed by atoms with Crippen molar-refractivity contribution in [3.05, 3.63) is 65.2 Å². The normalized spacial score (nSPS) is 18.5. The largest absolute Gasteiger partial charge is 0.366 e. The van der Waals surface area contributed by atoms with E-state index in [0.29, 0.717) is 12.1 Å². The Morgan fingerprint density at radius 1 is 1.10 bits per heavy atom. The van der Waals surface area contributed by atoms with Crippen LogP contribution in [0.3, 0.4) is 0 Å². The highest BCUT2D eigenvalue weighted by atomic mass is 19.1. The first kappa shape index (κ1) is 20.0. The highest BCUT2D eigenvalue weighted by Crippen LogP contribution is 2.34. The summed E-state index contributed by atoms with van der Waals surface area (Å²) in [6.45, 7) is 0.419. The molecule has 1 saturated heterocycles. The summed E-state index contributed by atoms with van der Waals surface area (Å²) in [7, 11) is 0. The van der Waals surface area contributed by atoms with E-state index in [0.717, 1.165) is 30.5 Å². The van der Waals surface area contributed by atoms with Crippen molar-refractivity contribution in [1.29, 1.82) is 0 Å². The maximum atomic E-state index is 14.1. The van der Waals surface area contributed by atoms with Gasteiger partial charge in [0, 0.05) is 37.2 Å². The van der Waals surface area contributed by atoms with Crippen molar-refractivity contribution in [3.8, 4) is 0 Å². The van der Waals surface area contributed by atoms with Crippen molar-refractivity contribution in [2.45, 2.75) is 31.8 Å². The van der Waals surface area contributed by atoms with Crippen molar-refractivity contribution in [2.75, 3.05) is 11.4 Å². The van der Waals surface area contributed by atoms with Gasteiger partial charge >= 0.3 is 0 Å². The van der Waals surface area contributed by atoms with Crippen LogP contribution in [0.1, 0.15) is 35.2 Å². The maximum absolute atomic E-state index is 14.1. The molecule has 0 aromatic heterocycles. The summed E-state index contributed by atoms with van der Waals surface area (Å²) in [5, 5.41) is 0. The van der Waals surface area contributed by atoms with Gasteiger partial charge in [-0.15, -0.1) is 0 Å². The van der Waals surface area contributed by atoms with Gasteiger partial charge in [0.05, 0.1) is 11.6 Å². The van der Waals surface area contributed by atoms with Gasteiger partial charge < -0.3 is 15.5 Å². The molecule has 1 atom stereocenters. The molecule has 1 aliphatic heterocycles. The van der Waals surface area contributed by atoms with Crippen molar-refractivity contribution in [1.82, 2.24) is 4.90 Å². The summed E-state index contributed by atoms with van der Waals surface area (Å²) in [5.74, 6) is -3.18. The molecule has 0 bridgehead atoms. The lowest BCUT2D eigenvalue weighted by Gasteiger charge is -2.26. The highest BCUT2D eigenvalue weighted by molar-refractivity contribution is 6.00. The van der Waals surface area contributed by atoms with E-state index >= 15 is 0 Å². The first-order valence-corrected chi connectivity index (χ1v) is 9.78. The molecule has 4 rings (SSSR count). The third kappa shape index (κ3) is 4.03. The van der Waals surface area contributed by atoms with Crippen LogP contribution in [0, 0.1) is 17.6 Å². The molecule has 1 aliphatic carbocycles. The van der Waals surface area contributed by atoms with E-state index in [9.17, 15) is 23.2 Å². The zero-order valence-corrected chi connectivity index (χ0v) is 16.2. The number of hydrogen-bond donors (Lipinski definition) is 1. The predicted molar refractivity (Wildman–Crippen MR) is 105 cm³/mol. The van der Waals surface area contributed by atoms with Crippen molar-refractivity contribution >= 4 is 23.4 Å². The van der Waals surface area contributed by atoms with E-state index in [1.807, 2.05) is 0 Å². The minimum atomic E-state index is -0.829. The lowest BCUT2D eigenvalue weighted by atomic mass is 10.1. The molecule has 2 aliphatic rings. The fourth-order valence-electron chi connectivity index (χ4n) is 3.78. The van der Waals surface area contributed by atoms with E-state index in [1.54, 1.807) is 29.2 Å². The maximum Gasteiger partial charge on any atom is 0.248 e. The third-order valence-corrected chi connectivity index (χ3v) is 5.54. The van der Waals surface area contributed by atoms with Crippen LogP contribution in [-0.4, -0.2) is 35.2 Å². The molecule has 2 aromatic carbocycles. The Morgan fingerprint density at radius 2 is 1.80 bits per heavy atom. The van der Waals surface area contributed by atoms with Crippen LogP contribution < -0.4 is 10.6 Å². The second kappa shape index (κ2) is 7.85. The van der Waals surface area contributed by atoms with Crippen LogP contribution in [0.5, 0.6) is 0 Å². The second-order valence-corrected chi connectivity index (χ2v) is 7.76. The number of rotatable bonds is 6. The minimum Gasteiger partial charge on any atom is -0.366 e. The Bertz CT molecular complexity index is 1010. The highest BCUT2D eigenvalue weighted by Gasteiger charge is 2.41. The minimum absolute atomic E-state index is 0.0144. The number of nitrogens with two attached hydrogens (primary N) is 1. The quantitative estimate of drug-likeness (QED) is 0.790. The Morgan fingerprint density at radius 3 is 2.40 bits per heavy atom. The van der Waals surface area contributed by atoms with Gasteiger partial charge in [-0.2, -0.15) is 0 Å². The number of carbonyl (C=O) groups excluding carboxylic acids is 3. The van der Waals surface area contributed by atoms with Crippen molar-refractivity contribution < 1.29 is 23.2 Å². The lowest BCUT2D eigenvalue weighted by molar-refractivity contribution is -0.137. The molecule has 30 heavy (non-hydrogen) atoms. The van der Waals surface area contributed by atoms with E-state index in [4.69, 9.17) is 5.73 Å². The van der Waals surface area contributed by atoms with Gasteiger partial charge in [0.1, 0.15) is 11.6 Å². The van der Waals surface area contributed by atoms with Crippen LogP contribution in [0.2, 0.25) is 0 Å². The van der Waals surface area contributed by atoms with Gasteiger partial charge in [0.15, 0.2) is 0 Å². The Labute approximate surface area is 172 Å². The molecule has 1 unspecified atom stereocenters. The number of nitrogens with zero attached hydrogens (tertiary/aromatic N) is 2. The van der Waals surface area contributed by atoms with Crippen LogP contribution in [0.15, 0.2) is 42.5 Å². The molecule has 2 N–H and O–H groups in total. The van der Waals surface area contributed by atoms with Crippen molar-refractivity contribution in [2.24, 2.45) is 11.7 Å². The van der Waals surface area contributed by atoms with E-state index in [-0.39, 0.29) is 36.5 Å². The first-order valence-electron chi connectivity index (χ1n) is 9.78. The number of benzene rings is 2. The Hall–Kier alpha value is -3.29. The summed E-state index contributed by atoms with van der Waals surface area (Å²) in [5.41, 5.74) is 6.49. The van der Waals surface area contributed by atoms with Crippen LogP contribution >= 0.6 is 0 Å². The number of halogens is 2. The summed E-state index contributed by atoms with van der Waals surface area (Å²) in [6, 6.07) is 9.88. The number of anilines is 1. The molecule has 1 saturated carbocycles. The summed E-state index contributed by atoms with van der Waals surface area (Å²) < 4.78 is 27.3. The molecule has 3 amide bonds. The summed E-state index contributed by atoms with van der Waals surface area (Å²) in [6.07, 6.45) is 1.77. The average molecular weight is 413 g/mol. The number of primary amides is 1. The predicted octanol–water partition coefficient (Wildman–Crippen LogP) is 2.61. The molecule has 0 spiro atoms. The van der Waals surface area contributed by atoms with Crippen LogP contribution in [-0.2, 0) is 16.1 Å². The molecule has 8 heteroatoms. The monoisotopic (exact) mass is 413 g/mol. The van der Waals surface area contributed by atoms with E-state index < -0.39 is 23.5 Å². The molecule has 1 heterocycles. The fraction of sp³-hybridized carbons (Fsp3) is 0.318. The van der Waals surface area contributed by atoms with Crippen LogP contribution in [0.4, 0.5) is 14.5 Å². The molecule has 0 radical (unpaired) electrons. The van der Waals surface area contributed by atoms with Gasteiger partial charge in [-0.25, -0.2) is 8.78 Å². The average Bonchev–Trinajstić information content (AvgIpc) is 3.48. The number of amides is 3. The van der Waals surface area contributed by atoms with Gasteiger partial charge in [0.2, 0.25) is 17.7 Å². The van der Waals surface area contributed by atoms with Gasteiger partial charge in [-0.3, -0.25) is 14.4 Å². The Balaban J connectivity index is 1.49. The number of hydrogen-bond acceptors (Lipinski definition) is 3. The van der Waals surface area contributed by atoms with Gasteiger partial charge in [-0.05, 0) is 42.7 Å². The first-order chi connectivity index (χ1) is 14.3. The fourth-order valence-corrected chi connectivity index (χ4v) is 3.78. The molecular weight excluding hydrogens is 392 g/mol. The Kier molecular flexibility index (Phi) is 5.24. The zero-order chi connectivity index (χ0) is 21.4. The zero-order valence-electron chi connectivity index (χ0n) is 16.2. The second-order valence-electron chi connectivity index (χ2n) is 7.76. The van der Waals surface area contributed by atoms with Gasteiger partial charge in [-0.1, -0.05) is 12.1 Å². The van der Waals surface area contributed by atoms with Crippen LogP contribution in [0.25, 0.3) is 0 Å². The van der Waals surface area contributed by atoms with Gasteiger partial charge in [0.25, 0.3) is 0 Å². The topological polar surface area (TPSA) is 83.7 Å². The molecule has 156 valence electrons. The lowest BCUT2D eigenvalue weighted by Crippen LogP contribution is -2.38. The molecule has 2 aromatic rings. The third-order valence-electron chi connectivity index (χ3n) is 5.54. The smallest absolute Gasteiger partial charge is 0.248 e. The molecule has 6 nitrogen and oxygen atoms in total. The molecule has 2 fully saturated rings. The summed E-state index contributed by atoms with van der Waals surface area (Å²) in [4.78, 5) is 39.8. The standard InChI is InChI=1S/C22H21F2N3O3/c23-16-5-8-19(18(24)10-16)27-12-15(9-20(27)28)22(30)26(17-6-7-17)11-13-1-3-14(4-2-13)21(25)29/h1-5,8,10,15,17H,6-7,9,11-12H2,(H2,25,29). The van der Waals surface area contributed by atoms with E-state index in [1.165, 1.54) is 11.0 Å².